The second-order valence-electron chi connectivity index (χ2n) is 11.1. The minimum Gasteiger partial charge on any atom is -0.457 e. The van der Waals surface area contributed by atoms with E-state index in [4.69, 9.17) is 18.9 Å². The van der Waals surface area contributed by atoms with Gasteiger partial charge in [-0.2, -0.15) is 0 Å². The molecule has 3 aromatic carbocycles. The van der Waals surface area contributed by atoms with Crippen molar-refractivity contribution in [3.05, 3.63) is 94.9 Å². The molecule has 1 N–H and O–H groups in total. The molecule has 2 fully saturated rings. The molecule has 2 aromatic heterocycles. The van der Waals surface area contributed by atoms with Gasteiger partial charge in [-0.3, -0.25) is 9.59 Å². The number of thiazole rings is 1. The van der Waals surface area contributed by atoms with Crippen LogP contribution in [-0.2, 0) is 28.5 Å². The number of hydrogen-bond donors (Lipinski definition) is 1. The van der Waals surface area contributed by atoms with Crippen molar-refractivity contribution < 1.29 is 41.7 Å². The number of carbonyl (C=O) groups is 2. The number of nitrogens with zero attached hydrogens (tertiary/aromatic N) is 4. The minimum atomic E-state index is -1.62. The second-order valence-corrected chi connectivity index (χ2v) is 12.3. The lowest BCUT2D eigenvalue weighted by Crippen LogP contribution is -2.62. The first kappa shape index (κ1) is 30.9. The number of halogens is 3. The molecule has 5 aromatic rings. The van der Waals surface area contributed by atoms with Crippen LogP contribution in [0.2, 0.25) is 0 Å². The van der Waals surface area contributed by atoms with Crippen LogP contribution >= 0.6 is 11.3 Å². The molecule has 1 unspecified atom stereocenters. The van der Waals surface area contributed by atoms with Crippen molar-refractivity contribution >= 4 is 39.1 Å². The predicted molar refractivity (Wildman–Crippen MR) is 162 cm³/mol. The molecule has 47 heavy (non-hydrogen) atoms. The summed E-state index contributed by atoms with van der Waals surface area (Å²) in [6.45, 7) is 3.07. The highest BCUT2D eigenvalue weighted by Gasteiger charge is 2.55. The Bertz CT molecular complexity index is 1950. The first-order valence-electron chi connectivity index (χ1n) is 14.5. The maximum Gasteiger partial charge on any atom is 0.303 e. The Kier molecular flexibility index (Phi) is 8.21. The summed E-state index contributed by atoms with van der Waals surface area (Å²) in [6, 6.07) is 14.9. The summed E-state index contributed by atoms with van der Waals surface area (Å²) < 4.78 is 68.4. The highest BCUT2D eigenvalue weighted by Crippen LogP contribution is 2.41. The standard InChI is InChI=1S/C32H26F3N5O6S/c1-15-36-22-9-8-19(12-25(22)47-15)37-31(42)30-29(44-16(2)41)27(28-24(45-30)14-43-32(46-28)17-6-4-3-5-7-17)40-13-23(38-39-40)18-10-20(33)26(35)21(34)11-18/h3-13,24,27-30,32H,14H2,1-2H3,(H,37,42)/t24-,27+,28+,29-,30-,32?/m1/s1. The lowest BCUT2D eigenvalue weighted by atomic mass is 9.90. The second kappa shape index (κ2) is 12.5. The minimum absolute atomic E-state index is 0.000656. The van der Waals surface area contributed by atoms with Crippen molar-refractivity contribution in [2.75, 3.05) is 11.9 Å². The Morgan fingerprint density at radius 3 is 2.55 bits per heavy atom. The van der Waals surface area contributed by atoms with Crippen molar-refractivity contribution in [3.8, 4) is 11.3 Å². The van der Waals surface area contributed by atoms with E-state index in [0.29, 0.717) is 11.3 Å². The zero-order valence-corrected chi connectivity index (χ0v) is 25.6. The van der Waals surface area contributed by atoms with E-state index >= 15 is 0 Å². The fourth-order valence-corrected chi connectivity index (χ4v) is 6.67. The molecule has 11 nitrogen and oxygen atoms in total. The zero-order chi connectivity index (χ0) is 32.8. The first-order valence-corrected chi connectivity index (χ1v) is 15.4. The quantitative estimate of drug-likeness (QED) is 0.191. The zero-order valence-electron chi connectivity index (χ0n) is 24.8. The molecule has 0 aliphatic carbocycles. The molecule has 2 aliphatic rings. The Hall–Kier alpha value is -4.70. The number of anilines is 1. The van der Waals surface area contributed by atoms with E-state index in [-0.39, 0.29) is 17.9 Å². The van der Waals surface area contributed by atoms with Crippen LogP contribution in [0.1, 0.15) is 29.8 Å². The van der Waals surface area contributed by atoms with Crippen molar-refractivity contribution in [2.45, 2.75) is 50.6 Å². The van der Waals surface area contributed by atoms with E-state index in [1.54, 1.807) is 18.2 Å². The molecule has 6 atom stereocenters. The van der Waals surface area contributed by atoms with E-state index < -0.39 is 66.1 Å². The highest BCUT2D eigenvalue weighted by atomic mass is 32.1. The van der Waals surface area contributed by atoms with Crippen LogP contribution in [0.15, 0.2) is 66.9 Å². The van der Waals surface area contributed by atoms with Gasteiger partial charge < -0.3 is 24.3 Å². The molecule has 242 valence electrons. The number of aromatic nitrogens is 4. The molecule has 4 heterocycles. The highest BCUT2D eigenvalue weighted by molar-refractivity contribution is 7.18. The number of aryl methyl sites for hydroxylation is 1. The van der Waals surface area contributed by atoms with Crippen LogP contribution < -0.4 is 5.32 Å². The van der Waals surface area contributed by atoms with Crippen molar-refractivity contribution in [3.63, 3.8) is 0 Å². The molecule has 0 bridgehead atoms. The van der Waals surface area contributed by atoms with Gasteiger partial charge in [0.2, 0.25) is 0 Å². The number of nitrogens with one attached hydrogen (secondary N) is 1. The van der Waals surface area contributed by atoms with Crippen molar-refractivity contribution in [2.24, 2.45) is 0 Å². The average Bonchev–Trinajstić information content (AvgIpc) is 3.69. The lowest BCUT2D eigenvalue weighted by Gasteiger charge is -2.48. The number of esters is 1. The Morgan fingerprint density at radius 2 is 1.81 bits per heavy atom. The van der Waals surface area contributed by atoms with Gasteiger partial charge >= 0.3 is 5.97 Å². The molecule has 2 saturated heterocycles. The van der Waals surface area contributed by atoms with Gasteiger partial charge in [-0.05, 0) is 37.3 Å². The van der Waals surface area contributed by atoms with Crippen molar-refractivity contribution in [1.82, 2.24) is 20.0 Å². The van der Waals surface area contributed by atoms with E-state index in [9.17, 15) is 22.8 Å². The summed E-state index contributed by atoms with van der Waals surface area (Å²) in [4.78, 5) is 30.8. The number of ether oxygens (including phenoxy) is 4. The lowest BCUT2D eigenvalue weighted by molar-refractivity contribution is -0.313. The Labute approximate surface area is 269 Å². The topological polar surface area (TPSA) is 127 Å². The predicted octanol–water partition coefficient (Wildman–Crippen LogP) is 5.27. The van der Waals surface area contributed by atoms with Crippen LogP contribution in [0, 0.1) is 24.4 Å². The first-order chi connectivity index (χ1) is 22.6. The molecule has 0 saturated carbocycles. The van der Waals surface area contributed by atoms with Gasteiger partial charge in [0.1, 0.15) is 23.9 Å². The molecular weight excluding hydrogens is 639 g/mol. The van der Waals surface area contributed by atoms with Gasteiger partial charge in [-0.25, -0.2) is 22.8 Å². The molecule has 0 spiro atoms. The van der Waals surface area contributed by atoms with Gasteiger partial charge in [0.15, 0.2) is 35.9 Å². The molecular formula is C32H26F3N5O6S. The monoisotopic (exact) mass is 665 g/mol. The average molecular weight is 666 g/mol. The van der Waals surface area contributed by atoms with E-state index in [1.165, 1.54) is 29.1 Å². The number of fused-ring (bicyclic) bond motifs is 2. The summed E-state index contributed by atoms with van der Waals surface area (Å²) in [7, 11) is 0. The third-order valence-corrected chi connectivity index (χ3v) is 8.78. The van der Waals surface area contributed by atoms with Crippen LogP contribution in [0.4, 0.5) is 18.9 Å². The van der Waals surface area contributed by atoms with E-state index in [2.05, 4.69) is 20.6 Å². The Balaban J connectivity index is 1.26. The van der Waals surface area contributed by atoms with Crippen molar-refractivity contribution in [1.29, 1.82) is 0 Å². The van der Waals surface area contributed by atoms with E-state index in [1.807, 2.05) is 37.3 Å². The van der Waals surface area contributed by atoms with Crippen LogP contribution in [-0.4, -0.2) is 62.9 Å². The summed E-state index contributed by atoms with van der Waals surface area (Å²) in [6.07, 6.45) is -3.93. The van der Waals surface area contributed by atoms with Gasteiger partial charge in [0.25, 0.3) is 5.91 Å². The largest absolute Gasteiger partial charge is 0.457 e. The summed E-state index contributed by atoms with van der Waals surface area (Å²) >= 11 is 1.47. The smallest absolute Gasteiger partial charge is 0.303 e. The third kappa shape index (κ3) is 6.10. The van der Waals surface area contributed by atoms with Gasteiger partial charge in [-0.1, -0.05) is 35.5 Å². The van der Waals surface area contributed by atoms with Crippen LogP contribution in [0.25, 0.3) is 21.5 Å². The van der Waals surface area contributed by atoms with Gasteiger partial charge in [-0.15, -0.1) is 16.4 Å². The number of carbonyl (C=O) groups excluding carboxylic acids is 2. The summed E-state index contributed by atoms with van der Waals surface area (Å²) in [5, 5.41) is 11.9. The molecule has 7 rings (SSSR count). The van der Waals surface area contributed by atoms with Gasteiger partial charge in [0.05, 0.1) is 28.0 Å². The summed E-state index contributed by atoms with van der Waals surface area (Å²) in [5.41, 5.74) is 1.87. The number of amides is 1. The molecule has 1 amide bonds. The summed E-state index contributed by atoms with van der Waals surface area (Å²) in [5.74, 6) is -5.75. The van der Waals surface area contributed by atoms with Crippen LogP contribution in [0.5, 0.6) is 0 Å². The molecule has 0 radical (unpaired) electrons. The van der Waals surface area contributed by atoms with Crippen LogP contribution in [0.3, 0.4) is 0 Å². The normalized spacial score (nSPS) is 24.1. The maximum absolute atomic E-state index is 14.1. The number of hydrogen-bond acceptors (Lipinski definition) is 10. The SMILES string of the molecule is CC(=O)O[C@@H]1[C@@H](n2cc(-c3cc(F)c(F)c(F)c3)nn2)[C@H]2OC(c3ccccc3)OC[C@H]2O[C@H]1C(=O)Nc1ccc2nc(C)sc2c1. The Morgan fingerprint density at radius 1 is 1.04 bits per heavy atom. The molecule has 15 heteroatoms. The molecule has 2 aliphatic heterocycles. The maximum atomic E-state index is 14.1. The number of rotatable bonds is 6. The number of benzene rings is 3. The fraction of sp³-hybridized carbons (Fsp3) is 0.281. The third-order valence-electron chi connectivity index (χ3n) is 7.84. The fourth-order valence-electron chi connectivity index (χ4n) is 5.80. The van der Waals surface area contributed by atoms with Gasteiger partial charge in [0, 0.05) is 23.7 Å². The van der Waals surface area contributed by atoms with E-state index in [0.717, 1.165) is 27.4 Å².